The van der Waals surface area contributed by atoms with Gasteiger partial charge in [-0.15, -0.1) is 0 Å². The van der Waals surface area contributed by atoms with Gasteiger partial charge >= 0.3 is 0 Å². The number of aromatic nitrogens is 1. The van der Waals surface area contributed by atoms with Crippen molar-refractivity contribution in [1.29, 1.82) is 0 Å². The van der Waals surface area contributed by atoms with Gasteiger partial charge in [0.1, 0.15) is 6.54 Å². The Morgan fingerprint density at radius 1 is 1.22 bits per heavy atom. The lowest BCUT2D eigenvalue weighted by molar-refractivity contribution is -0.123. The van der Waals surface area contributed by atoms with Crippen molar-refractivity contribution in [2.75, 3.05) is 36.6 Å². The molecule has 2 amide bonds. The lowest BCUT2D eigenvalue weighted by Crippen LogP contribution is -2.43. The predicted molar refractivity (Wildman–Crippen MR) is 99.5 cm³/mol. The third-order valence-corrected chi connectivity index (χ3v) is 3.79. The number of nitrogens with one attached hydrogen (secondary N) is 1. The highest BCUT2D eigenvalue weighted by atomic mass is 16.5. The number of fused-ring (bicyclic) bond motifs is 1. The van der Waals surface area contributed by atoms with Crippen molar-refractivity contribution in [2.45, 2.75) is 13.8 Å². The number of nitrogens with zero attached hydrogens (tertiary/aromatic N) is 2. The first kappa shape index (κ1) is 18.5. The van der Waals surface area contributed by atoms with E-state index in [4.69, 9.17) is 14.2 Å². The first-order valence-electron chi connectivity index (χ1n) is 8.70. The summed E-state index contributed by atoms with van der Waals surface area (Å²) in [6, 6.07) is 8.57. The predicted octanol–water partition coefficient (Wildman–Crippen LogP) is 2.24. The van der Waals surface area contributed by atoms with Crippen LogP contribution in [0.3, 0.4) is 0 Å². The molecule has 1 aromatic carbocycles. The van der Waals surface area contributed by atoms with Crippen molar-refractivity contribution in [2.24, 2.45) is 0 Å². The van der Waals surface area contributed by atoms with E-state index in [0.29, 0.717) is 42.0 Å². The number of hydrogen-bond acceptors (Lipinski definition) is 6. The fourth-order valence-electron chi connectivity index (χ4n) is 2.67. The van der Waals surface area contributed by atoms with Gasteiger partial charge in [0.2, 0.25) is 5.91 Å². The number of carbonyl (C=O) groups is 2. The molecule has 0 fully saturated rings. The quantitative estimate of drug-likeness (QED) is 0.803. The molecule has 1 aliphatic rings. The van der Waals surface area contributed by atoms with Gasteiger partial charge < -0.3 is 19.5 Å². The molecule has 8 heteroatoms. The van der Waals surface area contributed by atoms with Crippen molar-refractivity contribution < 1.29 is 23.8 Å². The van der Waals surface area contributed by atoms with Crippen LogP contribution >= 0.6 is 0 Å². The fourth-order valence-corrected chi connectivity index (χ4v) is 2.67. The Bertz CT molecular complexity index is 840. The van der Waals surface area contributed by atoms with E-state index < -0.39 is 0 Å². The molecule has 8 nitrogen and oxygen atoms in total. The lowest BCUT2D eigenvalue weighted by Gasteiger charge is -2.27. The summed E-state index contributed by atoms with van der Waals surface area (Å²) >= 11 is 0. The van der Waals surface area contributed by atoms with Crippen molar-refractivity contribution >= 4 is 23.3 Å². The summed E-state index contributed by atoms with van der Waals surface area (Å²) in [5.41, 5.74) is 0.550. The van der Waals surface area contributed by atoms with E-state index in [9.17, 15) is 9.59 Å². The summed E-state index contributed by atoms with van der Waals surface area (Å²) in [7, 11) is 0. The molecule has 1 N–H and O–H groups in total. The number of carbonyl (C=O) groups excluding carboxylic acids is 2. The third-order valence-electron chi connectivity index (χ3n) is 3.79. The minimum atomic E-state index is -0.353. The smallest absolute Gasteiger partial charge is 0.266 e. The number of hydrogen-bond donors (Lipinski definition) is 1. The average Bonchev–Trinajstić information content (AvgIpc) is 2.66. The summed E-state index contributed by atoms with van der Waals surface area (Å²) in [6.07, 6.45) is 1.55. The molecule has 1 aliphatic heterocycles. The normalized spacial score (nSPS) is 12.8. The molecule has 27 heavy (non-hydrogen) atoms. The monoisotopic (exact) mass is 371 g/mol. The molecular formula is C19H21N3O5. The molecule has 0 atom stereocenters. The van der Waals surface area contributed by atoms with Crippen LogP contribution in [0.1, 0.15) is 13.8 Å². The van der Waals surface area contributed by atoms with Gasteiger partial charge in [-0.05, 0) is 38.1 Å². The minimum absolute atomic E-state index is 0.122. The molecule has 0 spiro atoms. The Balaban J connectivity index is 1.72. The Morgan fingerprint density at radius 2 is 2.00 bits per heavy atom. The molecule has 2 aromatic rings. The van der Waals surface area contributed by atoms with Crippen LogP contribution in [0.25, 0.3) is 0 Å². The zero-order chi connectivity index (χ0) is 19.2. The largest absolute Gasteiger partial charge is 0.490 e. The van der Waals surface area contributed by atoms with E-state index in [1.165, 1.54) is 4.90 Å². The highest BCUT2D eigenvalue weighted by molar-refractivity contribution is 6.04. The summed E-state index contributed by atoms with van der Waals surface area (Å²) in [5.74, 6) is 1.30. The van der Waals surface area contributed by atoms with Crippen LogP contribution in [-0.2, 0) is 9.59 Å². The van der Waals surface area contributed by atoms with E-state index in [-0.39, 0.29) is 25.0 Å². The van der Waals surface area contributed by atoms with Gasteiger partial charge in [0.15, 0.2) is 29.7 Å². The van der Waals surface area contributed by atoms with Gasteiger partial charge in [0.05, 0.1) is 13.2 Å². The van der Waals surface area contributed by atoms with E-state index >= 15 is 0 Å². The Hall–Kier alpha value is -3.29. The summed E-state index contributed by atoms with van der Waals surface area (Å²) < 4.78 is 16.4. The topological polar surface area (TPSA) is 90.0 Å². The standard InChI is InChI=1S/C19H21N3O5/c1-3-25-14-8-7-13(10-16(14)26-4-2)21-17(23)11-22-18(24)12-27-15-6-5-9-20-19(15)22/h5-10H,3-4,11-12H2,1-2H3,(H,21,23). The van der Waals surface area contributed by atoms with Crippen LogP contribution in [0.4, 0.5) is 11.5 Å². The van der Waals surface area contributed by atoms with Crippen molar-refractivity contribution in [3.05, 3.63) is 36.5 Å². The van der Waals surface area contributed by atoms with Gasteiger partial charge in [0.25, 0.3) is 5.91 Å². The van der Waals surface area contributed by atoms with Crippen LogP contribution in [-0.4, -0.2) is 43.2 Å². The van der Waals surface area contributed by atoms with Crippen molar-refractivity contribution in [3.63, 3.8) is 0 Å². The van der Waals surface area contributed by atoms with Gasteiger partial charge in [-0.3, -0.25) is 14.5 Å². The highest BCUT2D eigenvalue weighted by Gasteiger charge is 2.28. The molecule has 0 unspecified atom stereocenters. The van der Waals surface area contributed by atoms with E-state index in [1.54, 1.807) is 36.5 Å². The molecule has 142 valence electrons. The Kier molecular flexibility index (Phi) is 5.75. The number of ether oxygens (including phenoxy) is 3. The number of amides is 2. The van der Waals surface area contributed by atoms with Crippen LogP contribution < -0.4 is 24.4 Å². The highest BCUT2D eigenvalue weighted by Crippen LogP contribution is 2.31. The molecular weight excluding hydrogens is 350 g/mol. The number of anilines is 2. The third kappa shape index (κ3) is 4.28. The number of pyridine rings is 1. The second-order valence-electron chi connectivity index (χ2n) is 5.67. The molecule has 1 aromatic heterocycles. The summed E-state index contributed by atoms with van der Waals surface area (Å²) in [5, 5.41) is 2.77. The zero-order valence-corrected chi connectivity index (χ0v) is 15.2. The van der Waals surface area contributed by atoms with Gasteiger partial charge in [-0.1, -0.05) is 0 Å². The maximum Gasteiger partial charge on any atom is 0.266 e. The molecule has 0 saturated heterocycles. The first-order valence-corrected chi connectivity index (χ1v) is 8.70. The van der Waals surface area contributed by atoms with Gasteiger partial charge in [0, 0.05) is 18.0 Å². The number of benzene rings is 1. The van der Waals surface area contributed by atoms with E-state index in [2.05, 4.69) is 10.3 Å². The maximum absolute atomic E-state index is 12.5. The second kappa shape index (κ2) is 8.39. The molecule has 0 aliphatic carbocycles. The van der Waals surface area contributed by atoms with E-state index in [1.807, 2.05) is 13.8 Å². The Labute approximate surface area is 157 Å². The Morgan fingerprint density at radius 3 is 2.78 bits per heavy atom. The summed E-state index contributed by atoms with van der Waals surface area (Å²) in [4.78, 5) is 30.1. The molecule has 2 heterocycles. The first-order chi connectivity index (χ1) is 13.1. The molecule has 0 bridgehead atoms. The van der Waals surface area contributed by atoms with Crippen LogP contribution in [0.2, 0.25) is 0 Å². The molecule has 0 radical (unpaired) electrons. The van der Waals surface area contributed by atoms with Crippen LogP contribution in [0, 0.1) is 0 Å². The van der Waals surface area contributed by atoms with Crippen molar-refractivity contribution in [1.82, 2.24) is 4.98 Å². The van der Waals surface area contributed by atoms with Crippen LogP contribution in [0.15, 0.2) is 36.5 Å². The van der Waals surface area contributed by atoms with Crippen LogP contribution in [0.5, 0.6) is 17.2 Å². The fraction of sp³-hybridized carbons (Fsp3) is 0.316. The summed E-state index contributed by atoms with van der Waals surface area (Å²) in [6.45, 7) is 4.46. The average molecular weight is 371 g/mol. The van der Waals surface area contributed by atoms with Gasteiger partial charge in [-0.25, -0.2) is 4.98 Å². The molecule has 3 rings (SSSR count). The zero-order valence-electron chi connectivity index (χ0n) is 15.2. The lowest BCUT2D eigenvalue weighted by atomic mass is 10.2. The second-order valence-corrected chi connectivity index (χ2v) is 5.67. The maximum atomic E-state index is 12.5. The SMILES string of the molecule is CCOc1ccc(NC(=O)CN2C(=O)COc3cccnc32)cc1OCC. The molecule has 0 saturated carbocycles. The van der Waals surface area contributed by atoms with E-state index in [0.717, 1.165) is 0 Å². The van der Waals surface area contributed by atoms with Crippen molar-refractivity contribution in [3.8, 4) is 17.2 Å². The van der Waals surface area contributed by atoms with Gasteiger partial charge in [-0.2, -0.15) is 0 Å². The number of rotatable bonds is 7. The minimum Gasteiger partial charge on any atom is -0.490 e.